The number of aliphatic imine (C=N–C) groups is 1. The van der Waals surface area contributed by atoms with Crippen molar-refractivity contribution < 1.29 is 0 Å². The number of rotatable bonds is 5. The van der Waals surface area contributed by atoms with E-state index in [1.54, 1.807) is 0 Å². The van der Waals surface area contributed by atoms with Crippen molar-refractivity contribution in [2.75, 3.05) is 43.4 Å². The summed E-state index contributed by atoms with van der Waals surface area (Å²) < 4.78 is 0. The van der Waals surface area contributed by atoms with E-state index >= 15 is 0 Å². The highest BCUT2D eigenvalue weighted by molar-refractivity contribution is 14.0. The van der Waals surface area contributed by atoms with Gasteiger partial charge >= 0.3 is 0 Å². The number of nitrogens with one attached hydrogen (secondary N) is 1. The molecule has 1 unspecified atom stereocenters. The number of hydrogen-bond acceptors (Lipinski definition) is 3. The lowest BCUT2D eigenvalue weighted by atomic mass is 10.2. The Morgan fingerprint density at radius 3 is 2.58 bits per heavy atom. The van der Waals surface area contributed by atoms with Gasteiger partial charge in [-0.3, -0.25) is 0 Å². The number of thioether (sulfide) groups is 1. The van der Waals surface area contributed by atoms with Crippen LogP contribution in [0.4, 0.5) is 5.69 Å². The number of nitrogens with zero attached hydrogens (tertiary/aromatic N) is 3. The lowest BCUT2D eigenvalue weighted by Crippen LogP contribution is -2.48. The fraction of sp³-hybridized carbons (Fsp3) is 0.550. The zero-order valence-electron chi connectivity index (χ0n) is 15.9. The van der Waals surface area contributed by atoms with Crippen LogP contribution in [-0.2, 0) is 6.54 Å². The van der Waals surface area contributed by atoms with Crippen LogP contribution in [0.15, 0.2) is 41.4 Å². The van der Waals surface area contributed by atoms with E-state index in [0.717, 1.165) is 50.5 Å². The number of anilines is 1. The molecular formula is C20H31IN4S. The Kier molecular flexibility index (Phi) is 9.11. The monoisotopic (exact) mass is 486 g/mol. The Labute approximate surface area is 179 Å². The van der Waals surface area contributed by atoms with E-state index in [-0.39, 0.29) is 24.0 Å². The van der Waals surface area contributed by atoms with Gasteiger partial charge in [-0.1, -0.05) is 31.2 Å². The Morgan fingerprint density at radius 1 is 1.19 bits per heavy atom. The maximum absolute atomic E-state index is 4.90. The van der Waals surface area contributed by atoms with Gasteiger partial charge in [-0.15, -0.1) is 24.0 Å². The van der Waals surface area contributed by atoms with E-state index in [9.17, 15) is 0 Å². The Hall–Kier alpha value is -0.890. The molecule has 2 aliphatic rings. The van der Waals surface area contributed by atoms with Gasteiger partial charge in [0.15, 0.2) is 5.96 Å². The van der Waals surface area contributed by atoms with Crippen molar-refractivity contribution in [2.45, 2.75) is 32.1 Å². The molecule has 0 spiro atoms. The highest BCUT2D eigenvalue weighted by Gasteiger charge is 2.21. The minimum Gasteiger partial charge on any atom is -0.364 e. The van der Waals surface area contributed by atoms with E-state index in [2.05, 4.69) is 77.1 Å². The number of guanidine groups is 1. The predicted molar refractivity (Wildman–Crippen MR) is 126 cm³/mol. The first kappa shape index (κ1) is 21.4. The van der Waals surface area contributed by atoms with Gasteiger partial charge in [0, 0.05) is 49.4 Å². The first-order chi connectivity index (χ1) is 12.3. The quantitative estimate of drug-likeness (QED) is 0.295. The molecular weight excluding hydrogens is 455 g/mol. The second-order valence-corrected chi connectivity index (χ2v) is 7.97. The molecule has 4 nitrogen and oxygen atoms in total. The van der Waals surface area contributed by atoms with Crippen LogP contribution in [0, 0.1) is 0 Å². The van der Waals surface area contributed by atoms with Crippen LogP contribution in [0.2, 0.25) is 0 Å². The largest absolute Gasteiger partial charge is 0.364 e. The van der Waals surface area contributed by atoms with Gasteiger partial charge in [-0.2, -0.15) is 11.8 Å². The van der Waals surface area contributed by atoms with Crippen molar-refractivity contribution in [1.29, 1.82) is 0 Å². The topological polar surface area (TPSA) is 30.9 Å². The molecule has 0 aliphatic carbocycles. The highest BCUT2D eigenvalue weighted by Crippen LogP contribution is 2.21. The van der Waals surface area contributed by atoms with Crippen LogP contribution in [0.3, 0.4) is 0 Å². The molecule has 1 N–H and O–H groups in total. The molecule has 1 fully saturated rings. The van der Waals surface area contributed by atoms with Crippen molar-refractivity contribution >= 4 is 47.4 Å². The standard InChI is InChI=1S/C20H30N4S.HI/c1-3-19-16-24(13-14-25-19)20(21-4-2)22-15-17-7-9-18(10-8-17)23-11-5-6-12-23;/h5-10,19H,3-4,11-16H2,1-2H3,(H,21,22);1H. The van der Waals surface area contributed by atoms with E-state index in [4.69, 9.17) is 4.99 Å². The molecule has 0 bridgehead atoms. The fourth-order valence-corrected chi connectivity index (χ4v) is 4.43. The lowest BCUT2D eigenvalue weighted by Gasteiger charge is -2.34. The summed E-state index contributed by atoms with van der Waals surface area (Å²) in [5.74, 6) is 2.26. The summed E-state index contributed by atoms with van der Waals surface area (Å²) in [6, 6.07) is 8.86. The van der Waals surface area contributed by atoms with E-state index < -0.39 is 0 Å². The molecule has 2 heterocycles. The Balaban J connectivity index is 0.00000243. The number of benzene rings is 1. The van der Waals surface area contributed by atoms with Gasteiger partial charge in [0.25, 0.3) is 0 Å². The Morgan fingerprint density at radius 2 is 1.92 bits per heavy atom. The van der Waals surface area contributed by atoms with Crippen LogP contribution in [0.5, 0.6) is 0 Å². The summed E-state index contributed by atoms with van der Waals surface area (Å²) in [6.45, 7) is 10.3. The van der Waals surface area contributed by atoms with Gasteiger partial charge < -0.3 is 15.1 Å². The molecule has 1 atom stereocenters. The van der Waals surface area contributed by atoms with Crippen LogP contribution in [0.25, 0.3) is 0 Å². The zero-order chi connectivity index (χ0) is 17.5. The minimum atomic E-state index is 0. The summed E-state index contributed by atoms with van der Waals surface area (Å²) in [7, 11) is 0. The lowest BCUT2D eigenvalue weighted by molar-refractivity contribution is 0.408. The summed E-state index contributed by atoms with van der Waals surface area (Å²) in [5.41, 5.74) is 2.56. The van der Waals surface area contributed by atoms with Crippen LogP contribution in [-0.4, -0.2) is 54.6 Å². The molecule has 0 radical (unpaired) electrons. The van der Waals surface area contributed by atoms with Gasteiger partial charge in [0.05, 0.1) is 6.54 Å². The third-order valence-electron chi connectivity index (χ3n) is 4.76. The maximum Gasteiger partial charge on any atom is 0.194 e. The van der Waals surface area contributed by atoms with Gasteiger partial charge in [-0.05, 0) is 31.0 Å². The minimum absolute atomic E-state index is 0. The van der Waals surface area contributed by atoms with Crippen LogP contribution < -0.4 is 10.2 Å². The third-order valence-corrected chi connectivity index (χ3v) is 6.13. The third kappa shape index (κ3) is 5.81. The van der Waals surface area contributed by atoms with E-state index in [0.29, 0.717) is 0 Å². The van der Waals surface area contributed by atoms with Crippen molar-refractivity contribution in [3.05, 3.63) is 42.0 Å². The molecule has 1 aromatic rings. The second kappa shape index (κ2) is 11.1. The van der Waals surface area contributed by atoms with Crippen LogP contribution in [0.1, 0.15) is 25.8 Å². The average molecular weight is 486 g/mol. The van der Waals surface area contributed by atoms with Gasteiger partial charge in [0.2, 0.25) is 0 Å². The number of hydrogen-bond donors (Lipinski definition) is 1. The molecule has 0 aromatic heterocycles. The zero-order valence-corrected chi connectivity index (χ0v) is 19.0. The first-order valence-corrected chi connectivity index (χ1v) is 10.5. The molecule has 144 valence electrons. The summed E-state index contributed by atoms with van der Waals surface area (Å²) in [5, 5.41) is 4.20. The molecule has 0 saturated carbocycles. The van der Waals surface area contributed by atoms with Crippen LogP contribution >= 0.6 is 35.7 Å². The molecule has 6 heteroatoms. The highest BCUT2D eigenvalue weighted by atomic mass is 127. The SMILES string of the molecule is CCNC(=NCc1ccc(N2CC=CC2)cc1)N1CCSC(CC)C1.I. The van der Waals surface area contributed by atoms with Crippen molar-refractivity contribution in [3.63, 3.8) is 0 Å². The van der Waals surface area contributed by atoms with Crippen molar-refractivity contribution in [2.24, 2.45) is 4.99 Å². The van der Waals surface area contributed by atoms with Gasteiger partial charge in [0.1, 0.15) is 0 Å². The molecule has 26 heavy (non-hydrogen) atoms. The maximum atomic E-state index is 4.90. The summed E-state index contributed by atoms with van der Waals surface area (Å²) >= 11 is 2.10. The molecule has 0 amide bonds. The van der Waals surface area contributed by atoms with Crippen molar-refractivity contribution in [1.82, 2.24) is 10.2 Å². The molecule has 2 aliphatic heterocycles. The molecule has 1 aromatic carbocycles. The first-order valence-electron chi connectivity index (χ1n) is 9.44. The van der Waals surface area contributed by atoms with Gasteiger partial charge in [-0.25, -0.2) is 4.99 Å². The molecule has 3 rings (SSSR count). The average Bonchev–Trinajstić information content (AvgIpc) is 3.20. The van der Waals surface area contributed by atoms with E-state index in [1.807, 2.05) is 0 Å². The summed E-state index contributed by atoms with van der Waals surface area (Å²) in [4.78, 5) is 9.70. The summed E-state index contributed by atoms with van der Waals surface area (Å²) in [6.07, 6.45) is 5.68. The normalized spacial score (nSPS) is 20.2. The fourth-order valence-electron chi connectivity index (χ4n) is 3.25. The Bertz CT molecular complexity index is 594. The molecule has 1 saturated heterocycles. The van der Waals surface area contributed by atoms with E-state index in [1.165, 1.54) is 23.4 Å². The second-order valence-electron chi connectivity index (χ2n) is 6.56. The predicted octanol–water partition coefficient (Wildman–Crippen LogP) is 3.97. The smallest absolute Gasteiger partial charge is 0.194 e. The number of halogens is 1. The van der Waals surface area contributed by atoms with Crippen molar-refractivity contribution in [3.8, 4) is 0 Å².